The number of fused-ring (bicyclic) bond motifs is 5. The molecule has 10 heteroatoms. The van der Waals surface area contributed by atoms with Gasteiger partial charge < -0.3 is 15.1 Å². The van der Waals surface area contributed by atoms with Crippen molar-refractivity contribution in [1.82, 2.24) is 29.9 Å². The lowest BCUT2D eigenvalue weighted by Gasteiger charge is -2.26. The van der Waals surface area contributed by atoms with Crippen molar-refractivity contribution in [2.75, 3.05) is 44.3 Å². The molecule has 25 heavy (non-hydrogen) atoms. The summed E-state index contributed by atoms with van der Waals surface area (Å²) in [6.45, 7) is 5.95. The Morgan fingerprint density at radius 1 is 1.24 bits per heavy atom. The first-order valence-corrected chi connectivity index (χ1v) is 9.29. The quantitative estimate of drug-likeness (QED) is 0.626. The highest BCUT2D eigenvalue weighted by Gasteiger charge is 2.26. The first kappa shape index (κ1) is 16.6. The zero-order valence-electron chi connectivity index (χ0n) is 14.1. The van der Waals surface area contributed by atoms with Crippen molar-refractivity contribution in [2.45, 2.75) is 19.9 Å². The van der Waals surface area contributed by atoms with E-state index in [0.717, 1.165) is 42.1 Å². The molecule has 4 heterocycles. The second-order valence-electron chi connectivity index (χ2n) is 6.06. The minimum absolute atomic E-state index is 0.00473. The number of tetrazole rings is 1. The molecule has 4 rings (SSSR count). The lowest BCUT2D eigenvalue weighted by molar-refractivity contribution is 0.272. The van der Waals surface area contributed by atoms with E-state index >= 15 is 0 Å². The third-order valence-electron chi connectivity index (χ3n) is 4.68. The van der Waals surface area contributed by atoms with E-state index < -0.39 is 0 Å². The second-order valence-corrected chi connectivity index (χ2v) is 7.15. The molecule has 0 fully saturated rings. The number of aliphatic hydroxyl groups excluding tert-OH is 2. The number of hydrogen-bond acceptors (Lipinski definition) is 9. The van der Waals surface area contributed by atoms with Crippen molar-refractivity contribution in [2.24, 2.45) is 0 Å². The van der Waals surface area contributed by atoms with Crippen LogP contribution in [-0.4, -0.2) is 79.5 Å². The summed E-state index contributed by atoms with van der Waals surface area (Å²) in [4.78, 5) is 11.3. The van der Waals surface area contributed by atoms with Gasteiger partial charge in [-0.1, -0.05) is 12.0 Å². The van der Waals surface area contributed by atoms with Crippen molar-refractivity contribution in [3.63, 3.8) is 0 Å². The highest BCUT2D eigenvalue weighted by molar-refractivity contribution is 7.19. The van der Waals surface area contributed by atoms with Crippen LogP contribution in [0.1, 0.15) is 17.4 Å². The molecule has 3 aromatic rings. The number of aliphatic hydroxyl groups is 2. The highest BCUT2D eigenvalue weighted by atomic mass is 32.1. The molecule has 3 aromatic heterocycles. The molecule has 2 N–H and O–H groups in total. The highest BCUT2D eigenvalue weighted by Crippen LogP contribution is 2.39. The van der Waals surface area contributed by atoms with Gasteiger partial charge in [0.25, 0.3) is 5.78 Å². The Morgan fingerprint density at radius 2 is 2.04 bits per heavy atom. The molecule has 0 atom stereocenters. The fourth-order valence-corrected chi connectivity index (χ4v) is 4.75. The van der Waals surface area contributed by atoms with Gasteiger partial charge in [0, 0.05) is 31.1 Å². The van der Waals surface area contributed by atoms with Gasteiger partial charge in [0.2, 0.25) is 0 Å². The monoisotopic (exact) mass is 363 g/mol. The van der Waals surface area contributed by atoms with Crippen LogP contribution in [0.5, 0.6) is 0 Å². The standard InChI is InChI=1S/C15H21N7O2S/c1-2-20-4-3-10-11(9-20)25-14-12(10)13(21(5-7-23)6-8-24)16-15-17-18-19-22(14)15/h23-24H,2-9H2,1H3. The van der Waals surface area contributed by atoms with Crippen molar-refractivity contribution in [3.05, 3.63) is 10.4 Å². The molecule has 0 aromatic carbocycles. The van der Waals surface area contributed by atoms with Gasteiger partial charge in [-0.05, 0) is 29.0 Å². The molecule has 0 bridgehead atoms. The third kappa shape index (κ3) is 2.74. The Bertz CT molecular complexity index is 887. The predicted octanol–water partition coefficient (Wildman–Crippen LogP) is -0.0970. The van der Waals surface area contributed by atoms with Gasteiger partial charge in [-0.15, -0.1) is 11.3 Å². The molecule has 0 unspecified atom stereocenters. The minimum atomic E-state index is -0.00473. The van der Waals surface area contributed by atoms with E-state index in [-0.39, 0.29) is 13.2 Å². The van der Waals surface area contributed by atoms with E-state index in [1.165, 1.54) is 10.4 Å². The lowest BCUT2D eigenvalue weighted by Crippen LogP contribution is -2.31. The molecule has 0 saturated carbocycles. The minimum Gasteiger partial charge on any atom is -0.395 e. The molecule has 0 radical (unpaired) electrons. The van der Waals surface area contributed by atoms with Gasteiger partial charge in [0.05, 0.1) is 18.6 Å². The van der Waals surface area contributed by atoms with Crippen molar-refractivity contribution >= 4 is 33.1 Å². The number of anilines is 1. The Morgan fingerprint density at radius 3 is 2.76 bits per heavy atom. The van der Waals surface area contributed by atoms with Crippen LogP contribution in [0.25, 0.3) is 16.0 Å². The number of aromatic nitrogens is 5. The maximum atomic E-state index is 9.42. The number of thiophene rings is 1. The summed E-state index contributed by atoms with van der Waals surface area (Å²) >= 11 is 1.71. The second kappa shape index (κ2) is 6.79. The number of rotatable bonds is 6. The summed E-state index contributed by atoms with van der Waals surface area (Å²) in [6.07, 6.45) is 0.956. The van der Waals surface area contributed by atoms with Gasteiger partial charge >= 0.3 is 0 Å². The fraction of sp³-hybridized carbons (Fsp3) is 0.600. The molecular weight excluding hydrogens is 342 g/mol. The van der Waals surface area contributed by atoms with Gasteiger partial charge in [-0.2, -0.15) is 9.50 Å². The average Bonchev–Trinajstić information content (AvgIpc) is 3.24. The Balaban J connectivity index is 1.95. The Labute approximate surface area is 148 Å². The van der Waals surface area contributed by atoms with Gasteiger partial charge in [-0.25, -0.2) is 0 Å². The molecule has 0 spiro atoms. The molecule has 9 nitrogen and oxygen atoms in total. The van der Waals surface area contributed by atoms with E-state index in [2.05, 4.69) is 32.3 Å². The molecule has 134 valence electrons. The average molecular weight is 363 g/mol. The summed E-state index contributed by atoms with van der Waals surface area (Å²) in [7, 11) is 0. The molecule has 1 aliphatic heterocycles. The molecule has 1 aliphatic rings. The molecule has 0 amide bonds. The van der Waals surface area contributed by atoms with E-state index in [1.807, 2.05) is 4.90 Å². The summed E-state index contributed by atoms with van der Waals surface area (Å²) in [5, 5.41) is 31.8. The Hall–Kier alpha value is -1.88. The zero-order valence-corrected chi connectivity index (χ0v) is 14.9. The van der Waals surface area contributed by atoms with Gasteiger partial charge in [-0.3, -0.25) is 4.90 Å². The Kier molecular flexibility index (Phi) is 4.50. The summed E-state index contributed by atoms with van der Waals surface area (Å²) in [6, 6.07) is 0. The van der Waals surface area contributed by atoms with E-state index in [9.17, 15) is 10.2 Å². The first-order valence-electron chi connectivity index (χ1n) is 8.48. The SMILES string of the molecule is CCN1CCc2c(sc3c2c(N(CCO)CCO)nc2nnnn23)C1. The number of likely N-dealkylation sites (N-methyl/N-ethyl adjacent to an activating group) is 1. The number of nitrogens with zero attached hydrogens (tertiary/aromatic N) is 7. The van der Waals surface area contributed by atoms with E-state index in [4.69, 9.17) is 0 Å². The van der Waals surface area contributed by atoms with E-state index in [0.29, 0.717) is 18.9 Å². The lowest BCUT2D eigenvalue weighted by atomic mass is 10.0. The molecular formula is C15H21N7O2S. The van der Waals surface area contributed by atoms with Gasteiger partial charge in [0.1, 0.15) is 10.6 Å². The predicted molar refractivity (Wildman–Crippen MR) is 95.0 cm³/mol. The smallest absolute Gasteiger partial charge is 0.276 e. The van der Waals surface area contributed by atoms with Crippen LogP contribution < -0.4 is 4.90 Å². The maximum Gasteiger partial charge on any atom is 0.276 e. The topological polar surface area (TPSA) is 103 Å². The maximum absolute atomic E-state index is 9.42. The van der Waals surface area contributed by atoms with Crippen molar-refractivity contribution < 1.29 is 10.2 Å². The third-order valence-corrected chi connectivity index (χ3v) is 5.87. The van der Waals surface area contributed by atoms with Crippen molar-refractivity contribution in [1.29, 1.82) is 0 Å². The molecule has 0 saturated heterocycles. The molecule has 0 aliphatic carbocycles. The van der Waals surface area contributed by atoms with Crippen molar-refractivity contribution in [3.8, 4) is 0 Å². The van der Waals surface area contributed by atoms with Crippen LogP contribution in [0.4, 0.5) is 5.82 Å². The van der Waals surface area contributed by atoms with E-state index in [1.54, 1.807) is 15.9 Å². The largest absolute Gasteiger partial charge is 0.395 e. The van der Waals surface area contributed by atoms with Crippen LogP contribution >= 0.6 is 11.3 Å². The summed E-state index contributed by atoms with van der Waals surface area (Å²) in [5.41, 5.74) is 1.30. The van der Waals surface area contributed by atoms with Crippen LogP contribution in [0.2, 0.25) is 0 Å². The normalized spacial score (nSPS) is 15.2. The van der Waals surface area contributed by atoms with Gasteiger partial charge in [0.15, 0.2) is 0 Å². The number of hydrogen-bond donors (Lipinski definition) is 2. The van der Waals surface area contributed by atoms with Crippen LogP contribution in [0, 0.1) is 0 Å². The summed E-state index contributed by atoms with van der Waals surface area (Å²) in [5.74, 6) is 1.19. The van der Waals surface area contributed by atoms with Crippen LogP contribution in [0.15, 0.2) is 0 Å². The zero-order chi connectivity index (χ0) is 17.4. The van der Waals surface area contributed by atoms with Crippen LogP contribution in [-0.2, 0) is 13.0 Å². The van der Waals surface area contributed by atoms with Crippen LogP contribution in [0.3, 0.4) is 0 Å². The fourth-order valence-electron chi connectivity index (χ4n) is 3.42. The first-order chi connectivity index (χ1) is 12.3. The summed E-state index contributed by atoms with van der Waals surface area (Å²) < 4.78 is 1.69.